The van der Waals surface area contributed by atoms with Crippen LogP contribution >= 0.6 is 0 Å². The summed E-state index contributed by atoms with van der Waals surface area (Å²) < 4.78 is 40.0. The minimum Gasteiger partial charge on any atom is -0.377 e. The Morgan fingerprint density at radius 3 is 2.60 bits per heavy atom. The van der Waals surface area contributed by atoms with Crippen molar-refractivity contribution in [1.29, 1.82) is 0 Å². The first kappa shape index (κ1) is 12.5. The van der Waals surface area contributed by atoms with E-state index in [-0.39, 0.29) is 13.2 Å². The van der Waals surface area contributed by atoms with E-state index in [1.165, 1.54) is 12.8 Å². The molecule has 1 aliphatic rings. The third-order valence-corrected chi connectivity index (χ3v) is 2.05. The molecule has 0 aromatic carbocycles. The average molecular weight is 223 g/mol. The van der Waals surface area contributed by atoms with Gasteiger partial charge in [-0.2, -0.15) is 13.2 Å². The third kappa shape index (κ3) is 7.39. The summed E-state index contributed by atoms with van der Waals surface area (Å²) in [5.74, 6) is 0. The predicted octanol–water partition coefficient (Wildman–Crippen LogP) is 2.26. The molecule has 0 aliphatic heterocycles. The molecule has 0 unspecified atom stereocenters. The fourth-order valence-corrected chi connectivity index (χ4v) is 1.03. The summed E-state index contributed by atoms with van der Waals surface area (Å²) in [7, 11) is 0. The molecule has 0 aromatic heterocycles. The minimum atomic E-state index is -4.13. The molecule has 0 heterocycles. The Morgan fingerprint density at radius 2 is 2.07 bits per heavy atom. The first-order valence-corrected chi connectivity index (χ1v) is 5.02. The van der Waals surface area contributed by atoms with Gasteiger partial charge < -0.3 is 10.1 Å². The van der Waals surface area contributed by atoms with Crippen molar-refractivity contribution in [3.8, 4) is 0 Å². The Morgan fingerprint density at radius 1 is 1.40 bits per heavy atom. The van der Waals surface area contributed by atoms with Crippen molar-refractivity contribution < 1.29 is 17.9 Å². The molecule has 0 saturated heterocycles. The maximum atomic E-state index is 11.7. The smallest absolute Gasteiger partial charge is 0.377 e. The molecule has 0 spiro atoms. The molecule has 0 amide bonds. The van der Waals surface area contributed by atoms with Gasteiger partial charge in [-0.1, -0.05) is 6.58 Å². The summed E-state index contributed by atoms with van der Waals surface area (Å²) in [4.78, 5) is 0. The predicted molar refractivity (Wildman–Crippen MR) is 51.7 cm³/mol. The SMILES string of the molecule is C=C(CNC1CC1)COCCC(F)(F)F. The lowest BCUT2D eigenvalue weighted by atomic mass is 10.3. The average Bonchev–Trinajstić information content (AvgIpc) is 2.91. The van der Waals surface area contributed by atoms with E-state index in [2.05, 4.69) is 11.9 Å². The first-order chi connectivity index (χ1) is 6.97. The van der Waals surface area contributed by atoms with Crippen LogP contribution in [0.25, 0.3) is 0 Å². The van der Waals surface area contributed by atoms with Crippen LogP contribution < -0.4 is 5.32 Å². The second-order valence-corrected chi connectivity index (χ2v) is 3.82. The van der Waals surface area contributed by atoms with Gasteiger partial charge in [-0.05, 0) is 18.4 Å². The third-order valence-electron chi connectivity index (χ3n) is 2.05. The highest BCUT2D eigenvalue weighted by Crippen LogP contribution is 2.19. The van der Waals surface area contributed by atoms with Crippen molar-refractivity contribution in [3.05, 3.63) is 12.2 Å². The van der Waals surface area contributed by atoms with E-state index in [0.717, 1.165) is 5.57 Å². The number of nitrogens with one attached hydrogen (secondary N) is 1. The summed E-state index contributed by atoms with van der Waals surface area (Å²) in [6.07, 6.45) is -2.66. The van der Waals surface area contributed by atoms with Crippen molar-refractivity contribution in [2.75, 3.05) is 19.8 Å². The summed E-state index contributed by atoms with van der Waals surface area (Å²) >= 11 is 0. The molecule has 1 aliphatic carbocycles. The zero-order valence-corrected chi connectivity index (χ0v) is 8.57. The van der Waals surface area contributed by atoms with Gasteiger partial charge in [0.25, 0.3) is 0 Å². The van der Waals surface area contributed by atoms with Gasteiger partial charge in [0.05, 0.1) is 19.6 Å². The molecule has 1 saturated carbocycles. The van der Waals surface area contributed by atoms with Crippen molar-refractivity contribution >= 4 is 0 Å². The van der Waals surface area contributed by atoms with E-state index in [4.69, 9.17) is 4.74 Å². The monoisotopic (exact) mass is 223 g/mol. The highest BCUT2D eigenvalue weighted by molar-refractivity contribution is 4.99. The van der Waals surface area contributed by atoms with Crippen molar-refractivity contribution in [2.24, 2.45) is 0 Å². The second kappa shape index (κ2) is 5.51. The molecule has 5 heteroatoms. The van der Waals surface area contributed by atoms with Crippen LogP contribution in [0.5, 0.6) is 0 Å². The van der Waals surface area contributed by atoms with Gasteiger partial charge in [0.15, 0.2) is 0 Å². The van der Waals surface area contributed by atoms with Gasteiger partial charge in [-0.3, -0.25) is 0 Å². The van der Waals surface area contributed by atoms with Crippen molar-refractivity contribution in [1.82, 2.24) is 5.32 Å². The Kier molecular flexibility index (Phi) is 4.60. The maximum absolute atomic E-state index is 11.7. The van der Waals surface area contributed by atoms with Crippen LogP contribution in [0.3, 0.4) is 0 Å². The summed E-state index contributed by atoms with van der Waals surface area (Å²) in [6, 6.07) is 0.580. The zero-order valence-electron chi connectivity index (χ0n) is 8.57. The van der Waals surface area contributed by atoms with Gasteiger partial charge in [0, 0.05) is 12.6 Å². The lowest BCUT2D eigenvalue weighted by molar-refractivity contribution is -0.144. The normalized spacial score (nSPS) is 16.7. The summed E-state index contributed by atoms with van der Waals surface area (Å²) in [5.41, 5.74) is 0.795. The number of alkyl halides is 3. The molecule has 15 heavy (non-hydrogen) atoms. The van der Waals surface area contributed by atoms with E-state index in [1.54, 1.807) is 0 Å². The molecule has 1 fully saturated rings. The number of halogens is 3. The molecule has 1 rings (SSSR count). The summed E-state index contributed by atoms with van der Waals surface area (Å²) in [5, 5.41) is 3.21. The lowest BCUT2D eigenvalue weighted by Crippen LogP contribution is -2.21. The van der Waals surface area contributed by atoms with Gasteiger partial charge in [-0.25, -0.2) is 0 Å². The molecule has 1 N–H and O–H groups in total. The van der Waals surface area contributed by atoms with Crippen molar-refractivity contribution in [3.63, 3.8) is 0 Å². The molecule has 2 nitrogen and oxygen atoms in total. The number of hydrogen-bond acceptors (Lipinski definition) is 2. The van der Waals surface area contributed by atoms with Crippen LogP contribution in [0.1, 0.15) is 19.3 Å². The fourth-order valence-electron chi connectivity index (χ4n) is 1.03. The molecular weight excluding hydrogens is 207 g/mol. The van der Waals surface area contributed by atoms with E-state index < -0.39 is 12.6 Å². The molecule has 88 valence electrons. The van der Waals surface area contributed by atoms with Crippen LogP contribution in [-0.4, -0.2) is 32.0 Å². The van der Waals surface area contributed by atoms with Gasteiger partial charge >= 0.3 is 6.18 Å². The maximum Gasteiger partial charge on any atom is 0.391 e. The second-order valence-electron chi connectivity index (χ2n) is 3.82. The largest absolute Gasteiger partial charge is 0.391 e. The molecule has 0 bridgehead atoms. The number of ether oxygens (including phenoxy) is 1. The van der Waals surface area contributed by atoms with E-state index in [0.29, 0.717) is 12.6 Å². The van der Waals surface area contributed by atoms with E-state index in [1.807, 2.05) is 0 Å². The molecular formula is C10H16F3NO. The zero-order chi connectivity index (χ0) is 11.3. The Hall–Kier alpha value is -0.550. The van der Waals surface area contributed by atoms with Crippen LogP contribution in [-0.2, 0) is 4.74 Å². The van der Waals surface area contributed by atoms with Crippen LogP contribution in [0, 0.1) is 0 Å². The van der Waals surface area contributed by atoms with Crippen LogP contribution in [0.15, 0.2) is 12.2 Å². The Bertz CT molecular complexity index is 211. The van der Waals surface area contributed by atoms with Gasteiger partial charge in [0.1, 0.15) is 0 Å². The molecule has 0 aromatic rings. The first-order valence-electron chi connectivity index (χ1n) is 5.02. The quantitative estimate of drug-likeness (QED) is 0.528. The van der Waals surface area contributed by atoms with Crippen LogP contribution in [0.4, 0.5) is 13.2 Å². The number of hydrogen-bond donors (Lipinski definition) is 1. The standard InChI is InChI=1S/C10H16F3NO/c1-8(6-14-9-2-3-9)7-15-5-4-10(11,12)13/h9,14H,1-7H2. The van der Waals surface area contributed by atoms with E-state index >= 15 is 0 Å². The summed E-state index contributed by atoms with van der Waals surface area (Å²) in [6.45, 7) is 4.27. The minimum absolute atomic E-state index is 0.204. The van der Waals surface area contributed by atoms with Gasteiger partial charge in [0.2, 0.25) is 0 Å². The fraction of sp³-hybridized carbons (Fsp3) is 0.800. The molecule has 0 atom stereocenters. The van der Waals surface area contributed by atoms with Gasteiger partial charge in [-0.15, -0.1) is 0 Å². The molecule has 0 radical (unpaired) electrons. The lowest BCUT2D eigenvalue weighted by Gasteiger charge is -2.09. The highest BCUT2D eigenvalue weighted by Gasteiger charge is 2.26. The van der Waals surface area contributed by atoms with Crippen molar-refractivity contribution in [2.45, 2.75) is 31.5 Å². The Labute approximate surface area is 87.5 Å². The number of rotatable bonds is 7. The van der Waals surface area contributed by atoms with E-state index in [9.17, 15) is 13.2 Å². The topological polar surface area (TPSA) is 21.3 Å². The Balaban J connectivity index is 1.91. The highest BCUT2D eigenvalue weighted by atomic mass is 19.4. The van der Waals surface area contributed by atoms with Crippen LogP contribution in [0.2, 0.25) is 0 Å².